The van der Waals surface area contributed by atoms with Crippen LogP contribution in [0.15, 0.2) is 16.6 Å². The van der Waals surface area contributed by atoms with Crippen molar-refractivity contribution in [2.75, 3.05) is 7.05 Å². The number of nitrogens with zero attached hydrogens (tertiary/aromatic N) is 3. The number of thiazole rings is 2. The highest BCUT2D eigenvalue weighted by Crippen LogP contribution is 2.17. The van der Waals surface area contributed by atoms with Gasteiger partial charge in [0.1, 0.15) is 10.0 Å². The lowest BCUT2D eigenvalue weighted by atomic mass is 10.2. The van der Waals surface area contributed by atoms with E-state index in [1.54, 1.807) is 29.7 Å². The van der Waals surface area contributed by atoms with Gasteiger partial charge in [-0.25, -0.2) is 9.97 Å². The maximum Gasteiger partial charge on any atom is 0.191 e. The third-order valence-corrected chi connectivity index (χ3v) is 4.65. The van der Waals surface area contributed by atoms with Gasteiger partial charge in [0.05, 0.1) is 18.8 Å². The first-order valence-electron chi connectivity index (χ1n) is 6.88. The van der Waals surface area contributed by atoms with Gasteiger partial charge in [-0.15, -0.1) is 22.7 Å². The van der Waals surface area contributed by atoms with Crippen molar-refractivity contribution in [1.29, 1.82) is 0 Å². The Balaban J connectivity index is 1.82. The summed E-state index contributed by atoms with van der Waals surface area (Å²) >= 11 is 3.38. The maximum atomic E-state index is 4.60. The minimum Gasteiger partial charge on any atom is -0.350 e. The molecule has 0 spiro atoms. The largest absolute Gasteiger partial charge is 0.350 e. The minimum atomic E-state index is 0.473. The summed E-state index contributed by atoms with van der Waals surface area (Å²) < 4.78 is 0. The second-order valence-electron chi connectivity index (χ2n) is 4.96. The summed E-state index contributed by atoms with van der Waals surface area (Å²) in [6, 6.07) is 0. The van der Waals surface area contributed by atoms with Gasteiger partial charge in [0.15, 0.2) is 5.96 Å². The molecule has 0 saturated heterocycles. The minimum absolute atomic E-state index is 0.473. The molecule has 2 N–H and O–H groups in total. The van der Waals surface area contributed by atoms with Crippen molar-refractivity contribution in [1.82, 2.24) is 20.6 Å². The molecule has 2 aromatic rings. The summed E-state index contributed by atoms with van der Waals surface area (Å²) in [5.41, 5.74) is 1.15. The number of aryl methyl sites for hydroxylation is 1. The van der Waals surface area contributed by atoms with Gasteiger partial charge < -0.3 is 10.6 Å². The lowest BCUT2D eigenvalue weighted by molar-refractivity contribution is 0.783. The van der Waals surface area contributed by atoms with Gasteiger partial charge in [-0.1, -0.05) is 13.8 Å². The number of aliphatic imine (C=N–C) groups is 1. The fourth-order valence-corrected chi connectivity index (χ4v) is 3.32. The quantitative estimate of drug-likeness (QED) is 0.656. The standard InChI is InChI=1S/C14H21N5S2/c1-9(2)11-8-20-13(19-11)7-18-14(15-4)17-6-12-16-5-10(3)21-12/h5,8-9H,6-7H2,1-4H3,(H2,15,17,18). The zero-order valence-electron chi connectivity index (χ0n) is 12.8. The van der Waals surface area contributed by atoms with E-state index in [0.717, 1.165) is 21.7 Å². The number of guanidine groups is 1. The lowest BCUT2D eigenvalue weighted by Gasteiger charge is -2.09. The highest BCUT2D eigenvalue weighted by atomic mass is 32.1. The molecule has 0 bridgehead atoms. The summed E-state index contributed by atoms with van der Waals surface area (Å²) in [6.07, 6.45) is 1.89. The molecule has 0 saturated carbocycles. The fourth-order valence-electron chi connectivity index (χ4n) is 1.69. The second-order valence-corrected chi connectivity index (χ2v) is 7.23. The molecule has 7 heteroatoms. The van der Waals surface area contributed by atoms with E-state index < -0.39 is 0 Å². The van der Waals surface area contributed by atoms with E-state index in [9.17, 15) is 0 Å². The van der Waals surface area contributed by atoms with E-state index in [0.29, 0.717) is 19.0 Å². The van der Waals surface area contributed by atoms with E-state index in [2.05, 4.69) is 51.7 Å². The average molecular weight is 323 g/mol. The second kappa shape index (κ2) is 7.51. The predicted octanol–water partition coefficient (Wildman–Crippen LogP) is 2.90. The van der Waals surface area contributed by atoms with Crippen LogP contribution in [-0.2, 0) is 13.1 Å². The zero-order valence-corrected chi connectivity index (χ0v) is 14.4. The van der Waals surface area contributed by atoms with Crippen LogP contribution in [0.25, 0.3) is 0 Å². The van der Waals surface area contributed by atoms with Crippen molar-refractivity contribution in [3.63, 3.8) is 0 Å². The molecule has 0 atom stereocenters. The first-order chi connectivity index (χ1) is 10.1. The summed E-state index contributed by atoms with van der Waals surface area (Å²) in [5, 5.41) is 10.8. The number of nitrogens with one attached hydrogen (secondary N) is 2. The Kier molecular flexibility index (Phi) is 5.69. The van der Waals surface area contributed by atoms with Crippen LogP contribution >= 0.6 is 22.7 Å². The predicted molar refractivity (Wildman–Crippen MR) is 90.1 cm³/mol. The highest BCUT2D eigenvalue weighted by Gasteiger charge is 2.06. The van der Waals surface area contributed by atoms with Crippen LogP contribution in [-0.4, -0.2) is 23.0 Å². The van der Waals surface area contributed by atoms with E-state index in [-0.39, 0.29) is 0 Å². The fraction of sp³-hybridized carbons (Fsp3) is 0.500. The van der Waals surface area contributed by atoms with E-state index >= 15 is 0 Å². The highest BCUT2D eigenvalue weighted by molar-refractivity contribution is 7.11. The van der Waals surface area contributed by atoms with Crippen LogP contribution in [0.2, 0.25) is 0 Å². The Bertz CT molecular complexity index is 600. The molecule has 0 aliphatic carbocycles. The molecule has 0 radical (unpaired) electrons. The molecule has 0 amide bonds. The lowest BCUT2D eigenvalue weighted by Crippen LogP contribution is -2.36. The smallest absolute Gasteiger partial charge is 0.191 e. The van der Waals surface area contributed by atoms with E-state index in [4.69, 9.17) is 0 Å². The van der Waals surface area contributed by atoms with Gasteiger partial charge >= 0.3 is 0 Å². The SMILES string of the molecule is CN=C(NCc1nc(C(C)C)cs1)NCc1ncc(C)s1. The van der Waals surface area contributed by atoms with Crippen LogP contribution < -0.4 is 10.6 Å². The van der Waals surface area contributed by atoms with Gasteiger partial charge in [-0.05, 0) is 12.8 Å². The Morgan fingerprint density at radius 2 is 2.00 bits per heavy atom. The Hall–Kier alpha value is -1.47. The summed E-state index contributed by atoms with van der Waals surface area (Å²) in [5.74, 6) is 1.24. The Morgan fingerprint density at radius 1 is 1.29 bits per heavy atom. The Morgan fingerprint density at radius 3 is 2.52 bits per heavy atom. The summed E-state index contributed by atoms with van der Waals surface area (Å²) in [7, 11) is 1.77. The molecule has 5 nitrogen and oxygen atoms in total. The monoisotopic (exact) mass is 323 g/mol. The first kappa shape index (κ1) is 15.9. The molecule has 21 heavy (non-hydrogen) atoms. The molecule has 2 rings (SSSR count). The van der Waals surface area contributed by atoms with Gasteiger partial charge in [-0.2, -0.15) is 0 Å². The summed E-state index contributed by atoms with van der Waals surface area (Å²) in [4.78, 5) is 14.4. The van der Waals surface area contributed by atoms with Gasteiger partial charge in [0.2, 0.25) is 0 Å². The zero-order chi connectivity index (χ0) is 15.2. The number of aromatic nitrogens is 2. The molecule has 2 heterocycles. The molecule has 0 unspecified atom stereocenters. The van der Waals surface area contributed by atoms with Crippen LogP contribution in [0.1, 0.15) is 40.4 Å². The van der Waals surface area contributed by atoms with Crippen molar-refractivity contribution in [2.24, 2.45) is 4.99 Å². The van der Waals surface area contributed by atoms with Crippen molar-refractivity contribution < 1.29 is 0 Å². The number of hydrogen-bond acceptors (Lipinski definition) is 5. The van der Waals surface area contributed by atoms with Crippen LogP contribution in [0.5, 0.6) is 0 Å². The first-order valence-corrected chi connectivity index (χ1v) is 8.58. The van der Waals surface area contributed by atoms with Gasteiger partial charge in [0, 0.05) is 23.5 Å². The third kappa shape index (κ3) is 4.78. The molecule has 0 aliphatic heterocycles. The molecule has 2 aromatic heterocycles. The normalized spacial score (nSPS) is 12.0. The topological polar surface area (TPSA) is 62.2 Å². The molecule has 0 aliphatic rings. The molecular weight excluding hydrogens is 302 g/mol. The molecule has 0 aromatic carbocycles. The van der Waals surface area contributed by atoms with Crippen LogP contribution in [0.4, 0.5) is 0 Å². The Labute approximate surface area is 133 Å². The van der Waals surface area contributed by atoms with Crippen molar-refractivity contribution in [3.8, 4) is 0 Å². The van der Waals surface area contributed by atoms with Crippen molar-refractivity contribution in [3.05, 3.63) is 32.2 Å². The van der Waals surface area contributed by atoms with Crippen LogP contribution in [0, 0.1) is 6.92 Å². The van der Waals surface area contributed by atoms with Gasteiger partial charge in [0.25, 0.3) is 0 Å². The third-order valence-electron chi connectivity index (χ3n) is 2.87. The van der Waals surface area contributed by atoms with Gasteiger partial charge in [-0.3, -0.25) is 4.99 Å². The molecule has 114 valence electrons. The molecular formula is C14H21N5S2. The number of hydrogen-bond donors (Lipinski definition) is 2. The van der Waals surface area contributed by atoms with E-state index in [1.807, 2.05) is 6.20 Å². The summed E-state index contributed by atoms with van der Waals surface area (Å²) in [6.45, 7) is 7.75. The number of rotatable bonds is 5. The maximum absolute atomic E-state index is 4.60. The molecule has 0 fully saturated rings. The van der Waals surface area contributed by atoms with Crippen molar-refractivity contribution in [2.45, 2.75) is 39.8 Å². The van der Waals surface area contributed by atoms with Crippen molar-refractivity contribution >= 4 is 28.6 Å². The van der Waals surface area contributed by atoms with Crippen LogP contribution in [0.3, 0.4) is 0 Å². The van der Waals surface area contributed by atoms with E-state index in [1.165, 1.54) is 4.88 Å². The average Bonchev–Trinajstić information content (AvgIpc) is 3.08.